The summed E-state index contributed by atoms with van der Waals surface area (Å²) in [4.78, 5) is 0. The maximum Gasteiger partial charge on any atom is 0.172 e. The van der Waals surface area contributed by atoms with Gasteiger partial charge in [0.15, 0.2) is 23.0 Å². The fraction of sp³-hybridized carbons (Fsp3) is 0.556. The largest absolute Gasteiger partial charge is 0.489 e. The third-order valence-corrected chi connectivity index (χ3v) is 5.65. The quantitative estimate of drug-likeness (QED) is 0.690. The van der Waals surface area contributed by atoms with E-state index >= 15 is 0 Å². The predicted molar refractivity (Wildman–Crippen MR) is 98.2 cm³/mol. The van der Waals surface area contributed by atoms with Crippen LogP contribution in [0.2, 0.25) is 0 Å². The standard InChI is InChI=1S/2C9H12O2S/c1-6-3-10-8-4-12-5-9(8)11-7(6)2;1-2-7-3-4-10-8-5-12-6-9(8)11-7/h4-7H,3H2,1-2H3;5-7H,2-4H2,1H3. The van der Waals surface area contributed by atoms with E-state index in [-0.39, 0.29) is 6.10 Å². The third-order valence-electron chi connectivity index (χ3n) is 4.25. The molecule has 2 aliphatic rings. The summed E-state index contributed by atoms with van der Waals surface area (Å²) in [6, 6.07) is 0. The fourth-order valence-electron chi connectivity index (χ4n) is 2.43. The van der Waals surface area contributed by atoms with Crippen LogP contribution in [0.15, 0.2) is 21.5 Å². The number of hydrogen-bond donors (Lipinski definition) is 0. The molecule has 0 bridgehead atoms. The summed E-state index contributed by atoms with van der Waals surface area (Å²) < 4.78 is 22.5. The molecule has 0 aliphatic carbocycles. The van der Waals surface area contributed by atoms with Crippen molar-refractivity contribution >= 4 is 22.7 Å². The molecule has 0 N–H and O–H groups in total. The van der Waals surface area contributed by atoms with Gasteiger partial charge in [0.1, 0.15) is 12.2 Å². The Labute approximate surface area is 151 Å². The minimum atomic E-state index is 0.251. The highest BCUT2D eigenvalue weighted by Crippen LogP contribution is 2.36. The van der Waals surface area contributed by atoms with Gasteiger partial charge < -0.3 is 18.9 Å². The molecule has 0 fully saturated rings. The molecule has 2 aromatic heterocycles. The van der Waals surface area contributed by atoms with Gasteiger partial charge in [0, 0.05) is 33.9 Å². The molecule has 132 valence electrons. The van der Waals surface area contributed by atoms with Crippen molar-refractivity contribution in [2.45, 2.75) is 45.8 Å². The molecule has 2 aliphatic heterocycles. The molecule has 4 heterocycles. The van der Waals surface area contributed by atoms with Crippen LogP contribution >= 0.6 is 22.7 Å². The maximum atomic E-state index is 5.73. The molecule has 3 atom stereocenters. The van der Waals surface area contributed by atoms with Crippen LogP contribution in [0.5, 0.6) is 23.0 Å². The summed E-state index contributed by atoms with van der Waals surface area (Å²) in [7, 11) is 0. The minimum absolute atomic E-state index is 0.251. The number of hydrogen-bond acceptors (Lipinski definition) is 6. The summed E-state index contributed by atoms with van der Waals surface area (Å²) in [5.74, 6) is 4.09. The van der Waals surface area contributed by atoms with Crippen molar-refractivity contribution in [3.63, 3.8) is 0 Å². The first kappa shape index (κ1) is 17.4. The van der Waals surface area contributed by atoms with Crippen LogP contribution < -0.4 is 18.9 Å². The Morgan fingerprint density at radius 1 is 0.917 bits per heavy atom. The van der Waals surface area contributed by atoms with E-state index in [9.17, 15) is 0 Å². The zero-order chi connectivity index (χ0) is 16.9. The van der Waals surface area contributed by atoms with Crippen molar-refractivity contribution in [1.29, 1.82) is 0 Å². The first-order chi connectivity index (χ1) is 11.7. The molecule has 0 aromatic carbocycles. The second-order valence-electron chi connectivity index (χ2n) is 6.10. The molecule has 0 amide bonds. The maximum absolute atomic E-state index is 5.73. The smallest absolute Gasteiger partial charge is 0.172 e. The molecular formula is C18H24O4S2. The van der Waals surface area contributed by atoms with Crippen molar-refractivity contribution < 1.29 is 18.9 Å². The lowest BCUT2D eigenvalue weighted by atomic mass is 10.1. The molecule has 0 spiro atoms. The van der Waals surface area contributed by atoms with Crippen LogP contribution in [0, 0.1) is 5.92 Å². The van der Waals surface area contributed by atoms with E-state index in [2.05, 4.69) is 20.8 Å². The van der Waals surface area contributed by atoms with Gasteiger partial charge in [-0.3, -0.25) is 0 Å². The zero-order valence-electron chi connectivity index (χ0n) is 14.3. The molecule has 0 saturated heterocycles. The Morgan fingerprint density at radius 2 is 1.54 bits per heavy atom. The Balaban J connectivity index is 0.000000141. The molecule has 24 heavy (non-hydrogen) atoms. The van der Waals surface area contributed by atoms with Crippen molar-refractivity contribution in [3.05, 3.63) is 21.5 Å². The molecule has 4 rings (SSSR count). The summed E-state index contributed by atoms with van der Waals surface area (Å²) in [6.07, 6.45) is 2.63. The van der Waals surface area contributed by atoms with Crippen molar-refractivity contribution in [1.82, 2.24) is 0 Å². The van der Waals surface area contributed by atoms with E-state index in [1.54, 1.807) is 22.7 Å². The molecule has 2 aromatic rings. The minimum Gasteiger partial charge on any atom is -0.489 e. The van der Waals surface area contributed by atoms with E-state index in [0.717, 1.165) is 49.1 Å². The van der Waals surface area contributed by atoms with Gasteiger partial charge >= 0.3 is 0 Å². The van der Waals surface area contributed by atoms with Crippen LogP contribution in [-0.2, 0) is 0 Å². The monoisotopic (exact) mass is 368 g/mol. The van der Waals surface area contributed by atoms with Crippen LogP contribution in [-0.4, -0.2) is 25.4 Å². The number of rotatable bonds is 1. The third kappa shape index (κ3) is 4.16. The average Bonchev–Trinajstić information content (AvgIpc) is 3.14. The lowest BCUT2D eigenvalue weighted by Gasteiger charge is -2.15. The van der Waals surface area contributed by atoms with E-state index in [4.69, 9.17) is 18.9 Å². The lowest BCUT2D eigenvalue weighted by Crippen LogP contribution is -2.23. The van der Waals surface area contributed by atoms with Gasteiger partial charge in [0.2, 0.25) is 0 Å². The topological polar surface area (TPSA) is 36.9 Å². The predicted octanol–water partition coefficient (Wildman–Crippen LogP) is 5.23. The van der Waals surface area contributed by atoms with E-state index < -0.39 is 0 Å². The van der Waals surface area contributed by atoms with Gasteiger partial charge in [0.25, 0.3) is 0 Å². The summed E-state index contributed by atoms with van der Waals surface area (Å²) in [5, 5.41) is 7.97. The van der Waals surface area contributed by atoms with Gasteiger partial charge in [-0.25, -0.2) is 0 Å². The van der Waals surface area contributed by atoms with Crippen molar-refractivity contribution in [2.75, 3.05) is 13.2 Å². The number of fused-ring (bicyclic) bond motifs is 2. The second-order valence-corrected chi connectivity index (χ2v) is 7.58. The molecule has 4 nitrogen and oxygen atoms in total. The van der Waals surface area contributed by atoms with Gasteiger partial charge in [-0.15, -0.1) is 22.7 Å². The highest BCUT2D eigenvalue weighted by molar-refractivity contribution is 7.08. The van der Waals surface area contributed by atoms with Crippen molar-refractivity contribution in [3.8, 4) is 23.0 Å². The van der Waals surface area contributed by atoms with E-state index in [1.807, 2.05) is 21.5 Å². The average molecular weight is 369 g/mol. The van der Waals surface area contributed by atoms with Crippen LogP contribution in [0.3, 0.4) is 0 Å². The first-order valence-electron chi connectivity index (χ1n) is 8.38. The molecule has 3 unspecified atom stereocenters. The molecule has 6 heteroatoms. The molecular weight excluding hydrogens is 344 g/mol. The van der Waals surface area contributed by atoms with Crippen LogP contribution in [0.1, 0.15) is 33.6 Å². The molecule has 0 saturated carbocycles. The summed E-state index contributed by atoms with van der Waals surface area (Å²) in [5.41, 5.74) is 0. The Hall–Kier alpha value is -1.40. The highest BCUT2D eigenvalue weighted by atomic mass is 32.1. The second kappa shape index (κ2) is 8.12. The SMILES string of the molecule is CC1COc2cscc2OC1C.CCC1CCOc2cscc2O1. The summed E-state index contributed by atoms with van der Waals surface area (Å²) in [6.45, 7) is 7.90. The highest BCUT2D eigenvalue weighted by Gasteiger charge is 2.21. The fourth-order valence-corrected chi connectivity index (χ4v) is 3.77. The lowest BCUT2D eigenvalue weighted by molar-refractivity contribution is 0.149. The van der Waals surface area contributed by atoms with Gasteiger partial charge in [-0.2, -0.15) is 0 Å². The number of ether oxygens (including phenoxy) is 4. The Morgan fingerprint density at radius 3 is 2.25 bits per heavy atom. The zero-order valence-corrected chi connectivity index (χ0v) is 16.0. The number of thiophene rings is 2. The van der Waals surface area contributed by atoms with Gasteiger partial charge in [0.05, 0.1) is 13.2 Å². The Bertz CT molecular complexity index is 626. The van der Waals surface area contributed by atoms with Crippen LogP contribution in [0.25, 0.3) is 0 Å². The van der Waals surface area contributed by atoms with Gasteiger partial charge in [-0.05, 0) is 13.3 Å². The normalized spacial score (nSPS) is 25.0. The van der Waals surface area contributed by atoms with E-state index in [1.165, 1.54) is 0 Å². The van der Waals surface area contributed by atoms with E-state index in [0.29, 0.717) is 12.0 Å². The molecule has 0 radical (unpaired) electrons. The Kier molecular flexibility index (Phi) is 5.89. The van der Waals surface area contributed by atoms with Crippen molar-refractivity contribution in [2.24, 2.45) is 5.92 Å². The van der Waals surface area contributed by atoms with Gasteiger partial charge in [-0.1, -0.05) is 13.8 Å². The van der Waals surface area contributed by atoms with Crippen LogP contribution in [0.4, 0.5) is 0 Å². The summed E-state index contributed by atoms with van der Waals surface area (Å²) >= 11 is 3.25. The first-order valence-corrected chi connectivity index (χ1v) is 10.3.